The SMILES string of the molecule is N#Cc1c(F)cc(F)cc1N1CCNCC1.O=C(O)C(F)(F)F. The molecule has 2 N–H and O–H groups in total. The molecule has 1 fully saturated rings. The summed E-state index contributed by atoms with van der Waals surface area (Å²) in [5.74, 6) is -4.20. The number of rotatable bonds is 1. The van der Waals surface area contributed by atoms with Crippen molar-refractivity contribution in [3.05, 3.63) is 29.3 Å². The Labute approximate surface area is 127 Å². The van der Waals surface area contributed by atoms with E-state index in [4.69, 9.17) is 15.2 Å². The maximum atomic E-state index is 13.4. The molecule has 1 heterocycles. The molecule has 0 aliphatic carbocycles. The van der Waals surface area contributed by atoms with E-state index >= 15 is 0 Å². The number of alkyl halides is 3. The molecule has 23 heavy (non-hydrogen) atoms. The second-order valence-electron chi connectivity index (χ2n) is 4.43. The number of piperazine rings is 1. The second-order valence-corrected chi connectivity index (χ2v) is 4.43. The van der Waals surface area contributed by atoms with E-state index in [0.29, 0.717) is 18.8 Å². The van der Waals surface area contributed by atoms with E-state index in [-0.39, 0.29) is 5.56 Å². The number of nitrogens with one attached hydrogen (secondary N) is 1. The van der Waals surface area contributed by atoms with Crippen LogP contribution in [0, 0.1) is 23.0 Å². The van der Waals surface area contributed by atoms with Gasteiger partial charge in [0.1, 0.15) is 23.3 Å². The van der Waals surface area contributed by atoms with Crippen molar-refractivity contribution in [1.29, 1.82) is 5.26 Å². The van der Waals surface area contributed by atoms with Gasteiger partial charge in [0.25, 0.3) is 0 Å². The standard InChI is InChI=1S/C11H11F2N3.C2HF3O2/c12-8-5-10(13)9(7-14)11(6-8)16-3-1-15-2-4-16;3-2(4,5)1(6)7/h5-6,15H,1-4H2;(H,6,7). The number of hydrogen-bond donors (Lipinski definition) is 2. The third kappa shape index (κ3) is 5.37. The predicted octanol–water partition coefficient (Wildman–Crippen LogP) is 1.88. The molecule has 0 unspecified atom stereocenters. The minimum atomic E-state index is -5.08. The van der Waals surface area contributed by atoms with Crippen LogP contribution in [-0.2, 0) is 4.79 Å². The van der Waals surface area contributed by atoms with E-state index in [1.54, 1.807) is 6.07 Å². The molecule has 1 aliphatic rings. The smallest absolute Gasteiger partial charge is 0.475 e. The topological polar surface area (TPSA) is 76.4 Å². The Balaban J connectivity index is 0.000000322. The molecular weight excluding hydrogens is 325 g/mol. The van der Waals surface area contributed by atoms with Crippen molar-refractivity contribution in [2.24, 2.45) is 0 Å². The van der Waals surface area contributed by atoms with Crippen molar-refractivity contribution < 1.29 is 31.9 Å². The Morgan fingerprint density at radius 2 is 1.78 bits per heavy atom. The Kier molecular flexibility index (Phi) is 6.27. The van der Waals surface area contributed by atoms with Crippen LogP contribution in [0.2, 0.25) is 0 Å². The van der Waals surface area contributed by atoms with E-state index in [1.807, 2.05) is 4.90 Å². The molecule has 10 heteroatoms. The molecule has 0 atom stereocenters. The lowest BCUT2D eigenvalue weighted by Crippen LogP contribution is -2.44. The molecule has 2 rings (SSSR count). The fourth-order valence-corrected chi connectivity index (χ4v) is 1.83. The van der Waals surface area contributed by atoms with Crippen molar-refractivity contribution in [3.8, 4) is 6.07 Å². The molecule has 0 bridgehead atoms. The average Bonchev–Trinajstić information content (AvgIpc) is 2.47. The fraction of sp³-hybridized carbons (Fsp3) is 0.385. The number of nitriles is 1. The van der Waals surface area contributed by atoms with Gasteiger partial charge in [0.2, 0.25) is 0 Å². The number of hydrogen-bond acceptors (Lipinski definition) is 4. The fourth-order valence-electron chi connectivity index (χ4n) is 1.83. The quantitative estimate of drug-likeness (QED) is 0.765. The third-order valence-electron chi connectivity index (χ3n) is 2.85. The Morgan fingerprint density at radius 3 is 2.22 bits per heavy atom. The van der Waals surface area contributed by atoms with Crippen molar-refractivity contribution >= 4 is 11.7 Å². The van der Waals surface area contributed by atoms with Crippen LogP contribution in [0.4, 0.5) is 27.6 Å². The Morgan fingerprint density at radius 1 is 1.26 bits per heavy atom. The van der Waals surface area contributed by atoms with E-state index in [9.17, 15) is 22.0 Å². The molecule has 0 aromatic heterocycles. The molecule has 0 radical (unpaired) electrons. The third-order valence-corrected chi connectivity index (χ3v) is 2.85. The number of carbonyl (C=O) groups is 1. The van der Waals surface area contributed by atoms with Gasteiger partial charge in [0.15, 0.2) is 0 Å². The molecule has 1 aromatic carbocycles. The molecule has 5 nitrogen and oxygen atoms in total. The Bertz CT molecular complexity index is 607. The van der Waals surface area contributed by atoms with Crippen molar-refractivity contribution in [1.82, 2.24) is 5.32 Å². The highest BCUT2D eigenvalue weighted by atomic mass is 19.4. The van der Waals surface area contributed by atoms with Crippen molar-refractivity contribution in [3.63, 3.8) is 0 Å². The number of aliphatic carboxylic acids is 1. The number of halogens is 5. The molecule has 1 aliphatic heterocycles. The summed E-state index contributed by atoms with van der Waals surface area (Å²) < 4.78 is 58.2. The molecule has 0 amide bonds. The highest BCUT2D eigenvalue weighted by molar-refractivity contribution is 5.73. The summed E-state index contributed by atoms with van der Waals surface area (Å²) >= 11 is 0. The van der Waals surface area contributed by atoms with Crippen LogP contribution in [0.15, 0.2) is 12.1 Å². The van der Waals surface area contributed by atoms with Gasteiger partial charge in [0, 0.05) is 32.2 Å². The first-order chi connectivity index (χ1) is 10.7. The van der Waals surface area contributed by atoms with Gasteiger partial charge in [-0.1, -0.05) is 0 Å². The number of carboxylic acids is 1. The Hall–Kier alpha value is -2.41. The molecule has 0 saturated carbocycles. The van der Waals surface area contributed by atoms with Crippen LogP contribution in [0.5, 0.6) is 0 Å². The van der Waals surface area contributed by atoms with Crippen LogP contribution in [-0.4, -0.2) is 43.4 Å². The molecule has 1 saturated heterocycles. The number of benzene rings is 1. The maximum absolute atomic E-state index is 13.4. The minimum absolute atomic E-state index is 0.0803. The zero-order valence-electron chi connectivity index (χ0n) is 11.6. The lowest BCUT2D eigenvalue weighted by atomic mass is 10.1. The van der Waals surface area contributed by atoms with Crippen LogP contribution < -0.4 is 10.2 Å². The van der Waals surface area contributed by atoms with Gasteiger partial charge in [-0.05, 0) is 6.07 Å². The second kappa shape index (κ2) is 7.73. The lowest BCUT2D eigenvalue weighted by Gasteiger charge is -2.30. The first kappa shape index (κ1) is 18.6. The van der Waals surface area contributed by atoms with E-state index in [1.165, 1.54) is 6.07 Å². The number of carboxylic acid groups (broad SMARTS) is 1. The summed E-state index contributed by atoms with van der Waals surface area (Å²) in [6, 6.07) is 3.74. The highest BCUT2D eigenvalue weighted by Crippen LogP contribution is 2.24. The summed E-state index contributed by atoms with van der Waals surface area (Å²) in [7, 11) is 0. The monoisotopic (exact) mass is 337 g/mol. The van der Waals surface area contributed by atoms with Gasteiger partial charge >= 0.3 is 12.1 Å². The number of anilines is 1. The zero-order valence-corrected chi connectivity index (χ0v) is 11.6. The summed E-state index contributed by atoms with van der Waals surface area (Å²) in [6.07, 6.45) is -5.08. The van der Waals surface area contributed by atoms with Crippen LogP contribution in [0.1, 0.15) is 5.56 Å². The lowest BCUT2D eigenvalue weighted by molar-refractivity contribution is -0.192. The van der Waals surface area contributed by atoms with E-state index in [0.717, 1.165) is 19.2 Å². The molecular formula is C13H12F5N3O2. The minimum Gasteiger partial charge on any atom is -0.475 e. The largest absolute Gasteiger partial charge is 0.490 e. The molecule has 0 spiro atoms. The van der Waals surface area contributed by atoms with Crippen LogP contribution in [0.25, 0.3) is 0 Å². The van der Waals surface area contributed by atoms with Crippen LogP contribution in [0.3, 0.4) is 0 Å². The van der Waals surface area contributed by atoms with Gasteiger partial charge < -0.3 is 15.3 Å². The highest BCUT2D eigenvalue weighted by Gasteiger charge is 2.38. The van der Waals surface area contributed by atoms with Gasteiger partial charge in [0.05, 0.1) is 5.69 Å². The van der Waals surface area contributed by atoms with Gasteiger partial charge in [-0.2, -0.15) is 18.4 Å². The normalized spacial score (nSPS) is 14.5. The maximum Gasteiger partial charge on any atom is 0.490 e. The summed E-state index contributed by atoms with van der Waals surface area (Å²) in [6.45, 7) is 2.81. The molecule has 126 valence electrons. The zero-order chi connectivity index (χ0) is 17.6. The van der Waals surface area contributed by atoms with E-state index < -0.39 is 23.8 Å². The van der Waals surface area contributed by atoms with Crippen molar-refractivity contribution in [2.75, 3.05) is 31.1 Å². The summed E-state index contributed by atoms with van der Waals surface area (Å²) in [4.78, 5) is 10.7. The van der Waals surface area contributed by atoms with Crippen LogP contribution >= 0.6 is 0 Å². The van der Waals surface area contributed by atoms with Gasteiger partial charge in [-0.15, -0.1) is 0 Å². The molecule has 1 aromatic rings. The number of nitrogens with zero attached hydrogens (tertiary/aromatic N) is 2. The van der Waals surface area contributed by atoms with Gasteiger partial charge in [-0.3, -0.25) is 0 Å². The first-order valence-electron chi connectivity index (χ1n) is 6.31. The van der Waals surface area contributed by atoms with E-state index in [2.05, 4.69) is 5.32 Å². The first-order valence-corrected chi connectivity index (χ1v) is 6.31. The average molecular weight is 337 g/mol. The summed E-state index contributed by atoms with van der Waals surface area (Å²) in [5.41, 5.74) is 0.268. The van der Waals surface area contributed by atoms with Crippen molar-refractivity contribution in [2.45, 2.75) is 6.18 Å². The summed E-state index contributed by atoms with van der Waals surface area (Å²) in [5, 5.41) is 19.1. The predicted molar refractivity (Wildman–Crippen MR) is 69.8 cm³/mol. The van der Waals surface area contributed by atoms with Gasteiger partial charge in [-0.25, -0.2) is 13.6 Å².